The van der Waals surface area contributed by atoms with Crippen LogP contribution in [-0.2, 0) is 5.54 Å². The maximum atomic E-state index is 13.2. The SMILES string of the molecule is CC(C)(N)c1nc2cccc(F)c2o1. The average molecular weight is 194 g/mol. The highest BCUT2D eigenvalue weighted by atomic mass is 19.1. The van der Waals surface area contributed by atoms with Crippen LogP contribution in [0, 0.1) is 5.82 Å². The predicted octanol–water partition coefficient (Wildman–Crippen LogP) is 2.16. The van der Waals surface area contributed by atoms with Crippen molar-refractivity contribution in [3.05, 3.63) is 29.9 Å². The van der Waals surface area contributed by atoms with E-state index in [0.29, 0.717) is 11.4 Å². The Morgan fingerprint density at radius 1 is 1.43 bits per heavy atom. The van der Waals surface area contributed by atoms with Crippen LogP contribution in [0.15, 0.2) is 22.6 Å². The van der Waals surface area contributed by atoms with Gasteiger partial charge in [-0.15, -0.1) is 0 Å². The van der Waals surface area contributed by atoms with Gasteiger partial charge in [-0.05, 0) is 26.0 Å². The minimum Gasteiger partial charge on any atom is -0.436 e. The number of hydrogen-bond donors (Lipinski definition) is 1. The number of nitrogens with zero attached hydrogens (tertiary/aromatic N) is 1. The molecule has 0 unspecified atom stereocenters. The molecular weight excluding hydrogens is 183 g/mol. The predicted molar refractivity (Wildman–Crippen MR) is 51.2 cm³/mol. The summed E-state index contributed by atoms with van der Waals surface area (Å²) in [4.78, 5) is 4.11. The van der Waals surface area contributed by atoms with E-state index in [0.717, 1.165) is 0 Å². The van der Waals surface area contributed by atoms with E-state index in [1.54, 1.807) is 26.0 Å². The summed E-state index contributed by atoms with van der Waals surface area (Å²) < 4.78 is 18.5. The maximum Gasteiger partial charge on any atom is 0.215 e. The molecule has 1 heterocycles. The summed E-state index contributed by atoms with van der Waals surface area (Å²) in [6.07, 6.45) is 0. The largest absolute Gasteiger partial charge is 0.436 e. The van der Waals surface area contributed by atoms with Gasteiger partial charge in [0.15, 0.2) is 11.4 Å². The number of fused-ring (bicyclic) bond motifs is 1. The Bertz CT molecular complexity index is 470. The lowest BCUT2D eigenvalue weighted by Gasteiger charge is -2.11. The van der Waals surface area contributed by atoms with Crippen LogP contribution in [0.4, 0.5) is 4.39 Å². The van der Waals surface area contributed by atoms with E-state index in [9.17, 15) is 4.39 Å². The Kier molecular flexibility index (Phi) is 1.82. The fourth-order valence-electron chi connectivity index (χ4n) is 1.19. The van der Waals surface area contributed by atoms with E-state index in [1.165, 1.54) is 6.07 Å². The number of halogens is 1. The molecule has 0 saturated carbocycles. The molecule has 1 aromatic heterocycles. The molecule has 0 aliphatic heterocycles. The van der Waals surface area contributed by atoms with Gasteiger partial charge in [-0.25, -0.2) is 9.37 Å². The third-order valence-corrected chi connectivity index (χ3v) is 1.92. The fraction of sp³-hybridized carbons (Fsp3) is 0.300. The minimum atomic E-state index is -0.689. The Hall–Kier alpha value is -1.42. The van der Waals surface area contributed by atoms with Gasteiger partial charge < -0.3 is 10.2 Å². The first kappa shape index (κ1) is 9.15. The Morgan fingerprint density at radius 2 is 2.14 bits per heavy atom. The van der Waals surface area contributed by atoms with Gasteiger partial charge in [0.05, 0.1) is 5.54 Å². The summed E-state index contributed by atoms with van der Waals surface area (Å²) in [5.41, 5.74) is 5.77. The Balaban J connectivity index is 2.69. The van der Waals surface area contributed by atoms with Crippen molar-refractivity contribution in [1.29, 1.82) is 0 Å². The number of nitrogens with two attached hydrogens (primary N) is 1. The van der Waals surface area contributed by atoms with Crippen molar-refractivity contribution in [3.63, 3.8) is 0 Å². The first-order chi connectivity index (χ1) is 6.48. The molecule has 0 atom stereocenters. The first-order valence-electron chi connectivity index (χ1n) is 4.33. The normalized spacial score (nSPS) is 12.3. The van der Waals surface area contributed by atoms with Crippen molar-refractivity contribution in [3.8, 4) is 0 Å². The summed E-state index contributed by atoms with van der Waals surface area (Å²) in [5.74, 6) is -0.0666. The molecule has 1 aromatic carbocycles. The van der Waals surface area contributed by atoms with Crippen LogP contribution in [-0.4, -0.2) is 4.98 Å². The van der Waals surface area contributed by atoms with E-state index in [-0.39, 0.29) is 5.58 Å². The van der Waals surface area contributed by atoms with Crippen LogP contribution in [0.5, 0.6) is 0 Å². The Labute approximate surface area is 80.7 Å². The van der Waals surface area contributed by atoms with E-state index in [4.69, 9.17) is 10.2 Å². The number of oxazole rings is 1. The number of para-hydroxylation sites is 1. The third-order valence-electron chi connectivity index (χ3n) is 1.92. The van der Waals surface area contributed by atoms with Crippen LogP contribution in [0.1, 0.15) is 19.7 Å². The number of hydrogen-bond acceptors (Lipinski definition) is 3. The molecule has 0 fully saturated rings. The second-order valence-electron chi connectivity index (χ2n) is 3.83. The maximum absolute atomic E-state index is 13.2. The monoisotopic (exact) mass is 194 g/mol. The van der Waals surface area contributed by atoms with Gasteiger partial charge in [0, 0.05) is 0 Å². The van der Waals surface area contributed by atoms with Gasteiger partial charge in [0.25, 0.3) is 0 Å². The molecule has 0 radical (unpaired) electrons. The van der Waals surface area contributed by atoms with Gasteiger partial charge in [0.1, 0.15) is 5.52 Å². The third kappa shape index (κ3) is 1.37. The van der Waals surface area contributed by atoms with Gasteiger partial charge in [-0.1, -0.05) is 6.07 Å². The van der Waals surface area contributed by atoms with E-state index in [2.05, 4.69) is 4.98 Å². The van der Waals surface area contributed by atoms with Crippen LogP contribution in [0.2, 0.25) is 0 Å². The zero-order valence-corrected chi connectivity index (χ0v) is 8.04. The minimum absolute atomic E-state index is 0.168. The molecule has 0 aliphatic carbocycles. The van der Waals surface area contributed by atoms with Gasteiger partial charge in [0.2, 0.25) is 5.89 Å². The summed E-state index contributed by atoms with van der Waals surface area (Å²) in [7, 11) is 0. The van der Waals surface area contributed by atoms with Crippen molar-refractivity contribution < 1.29 is 8.81 Å². The molecule has 0 amide bonds. The molecule has 0 aliphatic rings. The standard InChI is InChI=1S/C10H11FN2O/c1-10(2,12)9-13-7-5-3-4-6(11)8(7)14-9/h3-5H,12H2,1-2H3. The highest BCUT2D eigenvalue weighted by Gasteiger charge is 2.22. The molecule has 14 heavy (non-hydrogen) atoms. The number of rotatable bonds is 1. The highest BCUT2D eigenvalue weighted by molar-refractivity contribution is 5.73. The van der Waals surface area contributed by atoms with Crippen LogP contribution in [0.3, 0.4) is 0 Å². The molecule has 3 nitrogen and oxygen atoms in total. The summed E-state index contributed by atoms with van der Waals surface area (Å²) in [6.45, 7) is 3.52. The van der Waals surface area contributed by atoms with E-state index in [1.807, 2.05) is 0 Å². The molecular formula is C10H11FN2O. The zero-order chi connectivity index (χ0) is 10.3. The molecule has 4 heteroatoms. The molecule has 74 valence electrons. The van der Waals surface area contributed by atoms with Crippen molar-refractivity contribution in [2.45, 2.75) is 19.4 Å². The topological polar surface area (TPSA) is 52.0 Å². The quantitative estimate of drug-likeness (QED) is 0.756. The molecule has 0 bridgehead atoms. The molecule has 0 saturated heterocycles. The smallest absolute Gasteiger partial charge is 0.215 e. The van der Waals surface area contributed by atoms with Gasteiger partial charge in [-0.3, -0.25) is 0 Å². The van der Waals surface area contributed by atoms with Gasteiger partial charge >= 0.3 is 0 Å². The van der Waals surface area contributed by atoms with Crippen molar-refractivity contribution in [2.24, 2.45) is 5.73 Å². The van der Waals surface area contributed by atoms with E-state index < -0.39 is 11.4 Å². The van der Waals surface area contributed by atoms with Crippen LogP contribution < -0.4 is 5.73 Å². The Morgan fingerprint density at radius 3 is 2.71 bits per heavy atom. The number of aromatic nitrogens is 1. The average Bonchev–Trinajstić information content (AvgIpc) is 2.48. The van der Waals surface area contributed by atoms with Crippen LogP contribution in [0.25, 0.3) is 11.1 Å². The summed E-state index contributed by atoms with van der Waals surface area (Å²) in [6, 6.07) is 4.62. The molecule has 2 aromatic rings. The number of benzene rings is 1. The zero-order valence-electron chi connectivity index (χ0n) is 8.04. The lowest BCUT2D eigenvalue weighted by Crippen LogP contribution is -2.28. The van der Waals surface area contributed by atoms with E-state index >= 15 is 0 Å². The molecule has 2 N–H and O–H groups in total. The second-order valence-corrected chi connectivity index (χ2v) is 3.83. The van der Waals surface area contributed by atoms with Crippen molar-refractivity contribution >= 4 is 11.1 Å². The molecule has 2 rings (SSSR count). The highest BCUT2D eigenvalue weighted by Crippen LogP contribution is 2.23. The van der Waals surface area contributed by atoms with Gasteiger partial charge in [-0.2, -0.15) is 0 Å². The van der Waals surface area contributed by atoms with Crippen molar-refractivity contribution in [1.82, 2.24) is 4.98 Å². The molecule has 0 spiro atoms. The second kappa shape index (κ2) is 2.78. The van der Waals surface area contributed by atoms with Crippen LogP contribution >= 0.6 is 0 Å². The van der Waals surface area contributed by atoms with Crippen molar-refractivity contribution in [2.75, 3.05) is 0 Å². The fourth-order valence-corrected chi connectivity index (χ4v) is 1.19. The summed E-state index contributed by atoms with van der Waals surface area (Å²) in [5, 5.41) is 0. The lowest BCUT2D eigenvalue weighted by atomic mass is 10.1. The summed E-state index contributed by atoms with van der Waals surface area (Å²) >= 11 is 0. The first-order valence-corrected chi connectivity index (χ1v) is 4.33. The lowest BCUT2D eigenvalue weighted by molar-refractivity contribution is 0.389.